The number of hydrogen-bond donors (Lipinski definition) is 2. The predicted molar refractivity (Wildman–Crippen MR) is 114 cm³/mol. The summed E-state index contributed by atoms with van der Waals surface area (Å²) >= 11 is 0. The molecule has 0 fully saturated rings. The molecule has 26 heavy (non-hydrogen) atoms. The number of aromatic nitrogens is 1. The number of hydrogen-bond acceptors (Lipinski definition) is 4. The number of para-hydroxylation sites is 1. The van der Waals surface area contributed by atoms with Crippen LogP contribution in [0, 0.1) is 0 Å². The van der Waals surface area contributed by atoms with Crippen molar-refractivity contribution in [2.45, 2.75) is 19.4 Å². The van der Waals surface area contributed by atoms with Crippen LogP contribution < -0.4 is 20.1 Å². The lowest BCUT2D eigenvalue weighted by Gasteiger charge is -2.28. The molecule has 140 valence electrons. The van der Waals surface area contributed by atoms with Crippen LogP contribution in [0.1, 0.15) is 24.9 Å². The van der Waals surface area contributed by atoms with Crippen molar-refractivity contribution >= 4 is 29.9 Å². The minimum Gasteiger partial charge on any atom is -0.493 e. The van der Waals surface area contributed by atoms with E-state index in [1.54, 1.807) is 12.4 Å². The largest absolute Gasteiger partial charge is 0.493 e. The highest BCUT2D eigenvalue weighted by Gasteiger charge is 2.21. The average molecular weight is 468 g/mol. The Morgan fingerprint density at radius 3 is 3.00 bits per heavy atom. The van der Waals surface area contributed by atoms with Crippen molar-refractivity contribution in [3.05, 3.63) is 54.4 Å². The maximum atomic E-state index is 5.72. The first kappa shape index (κ1) is 20.3. The molecule has 0 saturated heterocycles. The molecule has 2 N–H and O–H groups in total. The number of nitrogens with one attached hydrogen (secondary N) is 2. The molecule has 6 nitrogen and oxygen atoms in total. The van der Waals surface area contributed by atoms with E-state index in [1.165, 1.54) is 5.56 Å². The van der Waals surface area contributed by atoms with Crippen LogP contribution in [-0.2, 0) is 0 Å². The summed E-state index contributed by atoms with van der Waals surface area (Å²) in [6, 6.07) is 12.1. The van der Waals surface area contributed by atoms with Crippen LogP contribution >= 0.6 is 24.0 Å². The zero-order valence-corrected chi connectivity index (χ0v) is 17.2. The molecule has 1 unspecified atom stereocenters. The van der Waals surface area contributed by atoms with Gasteiger partial charge in [0.1, 0.15) is 18.1 Å². The highest BCUT2D eigenvalue weighted by atomic mass is 127. The summed E-state index contributed by atoms with van der Waals surface area (Å²) in [6.45, 7) is 4.64. The summed E-state index contributed by atoms with van der Waals surface area (Å²) < 4.78 is 11.4. The zero-order valence-electron chi connectivity index (χ0n) is 14.9. The first-order valence-electron chi connectivity index (χ1n) is 8.66. The standard InChI is InChI=1S/C19H24N4O2.HI/c1-2-21-19(22-11-13-24-15-6-5-10-20-14-15)23-17-9-12-25-18-8-4-3-7-16(17)18;/h3-8,10,14,17H,2,9,11-13H2,1H3,(H2,21,22,23);1H. The number of nitrogens with zero attached hydrogens (tertiary/aromatic N) is 2. The number of pyridine rings is 1. The summed E-state index contributed by atoms with van der Waals surface area (Å²) in [4.78, 5) is 8.63. The Kier molecular flexibility index (Phi) is 8.46. The SMILES string of the molecule is CCNC(=NCCOc1cccnc1)NC1CCOc2ccccc21.I. The van der Waals surface area contributed by atoms with Crippen molar-refractivity contribution < 1.29 is 9.47 Å². The normalized spacial score (nSPS) is 15.9. The van der Waals surface area contributed by atoms with Gasteiger partial charge in [0.25, 0.3) is 0 Å². The third kappa shape index (κ3) is 5.76. The molecule has 0 aliphatic carbocycles. The van der Waals surface area contributed by atoms with E-state index in [1.807, 2.05) is 30.3 Å². The van der Waals surface area contributed by atoms with Crippen molar-refractivity contribution in [1.29, 1.82) is 0 Å². The van der Waals surface area contributed by atoms with Gasteiger partial charge in [-0.3, -0.25) is 4.98 Å². The van der Waals surface area contributed by atoms with Gasteiger partial charge in [0, 0.05) is 24.7 Å². The van der Waals surface area contributed by atoms with E-state index in [9.17, 15) is 0 Å². The van der Waals surface area contributed by atoms with E-state index in [4.69, 9.17) is 9.47 Å². The van der Waals surface area contributed by atoms with E-state index in [2.05, 4.69) is 33.6 Å². The van der Waals surface area contributed by atoms with E-state index in [-0.39, 0.29) is 30.0 Å². The van der Waals surface area contributed by atoms with Crippen LogP contribution in [0.3, 0.4) is 0 Å². The summed E-state index contributed by atoms with van der Waals surface area (Å²) in [7, 11) is 0. The molecular weight excluding hydrogens is 443 g/mol. The molecule has 0 saturated carbocycles. The van der Waals surface area contributed by atoms with E-state index >= 15 is 0 Å². The number of aliphatic imine (C=N–C) groups is 1. The molecule has 1 atom stereocenters. The zero-order chi connectivity index (χ0) is 17.3. The van der Waals surface area contributed by atoms with Crippen LogP contribution in [0.15, 0.2) is 53.8 Å². The maximum absolute atomic E-state index is 5.72. The molecular formula is C19H25IN4O2. The number of halogens is 1. The average Bonchev–Trinajstić information content (AvgIpc) is 2.66. The third-order valence-corrected chi connectivity index (χ3v) is 3.88. The summed E-state index contributed by atoms with van der Waals surface area (Å²) in [5, 5.41) is 6.79. The number of benzene rings is 1. The van der Waals surface area contributed by atoms with Gasteiger partial charge < -0.3 is 20.1 Å². The summed E-state index contributed by atoms with van der Waals surface area (Å²) in [5.74, 6) is 2.50. The number of rotatable bonds is 6. The quantitative estimate of drug-likeness (QED) is 0.295. The lowest BCUT2D eigenvalue weighted by Crippen LogP contribution is -2.41. The van der Waals surface area contributed by atoms with Crippen molar-refractivity contribution in [3.8, 4) is 11.5 Å². The molecule has 0 radical (unpaired) electrons. The van der Waals surface area contributed by atoms with Gasteiger partial charge in [0.15, 0.2) is 5.96 Å². The molecule has 3 rings (SSSR count). The Bertz CT molecular complexity index is 697. The second kappa shape index (κ2) is 10.8. The number of guanidine groups is 1. The Morgan fingerprint density at radius 1 is 1.31 bits per heavy atom. The summed E-state index contributed by atoms with van der Waals surface area (Å²) in [5.41, 5.74) is 1.17. The van der Waals surface area contributed by atoms with Crippen LogP contribution in [0.5, 0.6) is 11.5 Å². The van der Waals surface area contributed by atoms with Crippen molar-refractivity contribution in [3.63, 3.8) is 0 Å². The van der Waals surface area contributed by atoms with Gasteiger partial charge in [-0.15, -0.1) is 24.0 Å². The lowest BCUT2D eigenvalue weighted by molar-refractivity contribution is 0.261. The molecule has 1 aromatic heterocycles. The van der Waals surface area contributed by atoms with Crippen LogP contribution in [-0.4, -0.2) is 37.2 Å². The summed E-state index contributed by atoms with van der Waals surface area (Å²) in [6.07, 6.45) is 4.34. The second-order valence-corrected chi connectivity index (χ2v) is 5.67. The van der Waals surface area contributed by atoms with Crippen molar-refractivity contribution in [1.82, 2.24) is 15.6 Å². The molecule has 0 spiro atoms. The molecule has 7 heteroatoms. The Balaban J connectivity index is 0.00000243. The monoisotopic (exact) mass is 468 g/mol. The Labute approximate surface area is 171 Å². The smallest absolute Gasteiger partial charge is 0.191 e. The number of fused-ring (bicyclic) bond motifs is 1. The van der Waals surface area contributed by atoms with Gasteiger partial charge in [-0.25, -0.2) is 4.99 Å². The third-order valence-electron chi connectivity index (χ3n) is 3.88. The molecule has 2 aromatic rings. The van der Waals surface area contributed by atoms with Gasteiger partial charge in [0.05, 0.1) is 25.4 Å². The van der Waals surface area contributed by atoms with Crippen LogP contribution in [0.4, 0.5) is 0 Å². The fourth-order valence-electron chi connectivity index (χ4n) is 2.73. The topological polar surface area (TPSA) is 67.8 Å². The highest BCUT2D eigenvalue weighted by Crippen LogP contribution is 2.31. The minimum atomic E-state index is 0. The van der Waals surface area contributed by atoms with E-state index in [0.717, 1.165) is 30.4 Å². The van der Waals surface area contributed by atoms with Gasteiger partial charge in [0.2, 0.25) is 0 Å². The van der Waals surface area contributed by atoms with Crippen molar-refractivity contribution in [2.75, 3.05) is 26.3 Å². The molecule has 1 aromatic carbocycles. The lowest BCUT2D eigenvalue weighted by atomic mass is 10.0. The van der Waals surface area contributed by atoms with Crippen LogP contribution in [0.25, 0.3) is 0 Å². The highest BCUT2D eigenvalue weighted by molar-refractivity contribution is 14.0. The minimum absolute atomic E-state index is 0. The second-order valence-electron chi connectivity index (χ2n) is 5.67. The van der Waals surface area contributed by atoms with Crippen molar-refractivity contribution in [2.24, 2.45) is 4.99 Å². The van der Waals surface area contributed by atoms with E-state index in [0.29, 0.717) is 19.8 Å². The fraction of sp³-hybridized carbons (Fsp3) is 0.368. The molecule has 2 heterocycles. The van der Waals surface area contributed by atoms with E-state index < -0.39 is 0 Å². The molecule has 1 aliphatic heterocycles. The van der Waals surface area contributed by atoms with Gasteiger partial charge in [-0.1, -0.05) is 18.2 Å². The fourth-order valence-corrected chi connectivity index (χ4v) is 2.73. The number of ether oxygens (including phenoxy) is 2. The van der Waals surface area contributed by atoms with Gasteiger partial charge in [-0.2, -0.15) is 0 Å². The molecule has 0 bridgehead atoms. The van der Waals surface area contributed by atoms with Crippen LogP contribution in [0.2, 0.25) is 0 Å². The maximum Gasteiger partial charge on any atom is 0.191 e. The molecule has 0 amide bonds. The van der Waals surface area contributed by atoms with Gasteiger partial charge in [-0.05, 0) is 25.1 Å². The first-order chi connectivity index (χ1) is 12.4. The Morgan fingerprint density at radius 2 is 2.19 bits per heavy atom. The van der Waals surface area contributed by atoms with Gasteiger partial charge >= 0.3 is 0 Å². The molecule has 1 aliphatic rings. The first-order valence-corrected chi connectivity index (χ1v) is 8.66. The Hall–Kier alpha value is -2.03. The predicted octanol–water partition coefficient (Wildman–Crippen LogP) is 3.16.